The molecule has 0 saturated heterocycles. The van der Waals surface area contributed by atoms with Gasteiger partial charge in [0.25, 0.3) is 0 Å². The van der Waals surface area contributed by atoms with E-state index in [1.165, 1.54) is 22.0 Å². The second-order valence-electron chi connectivity index (χ2n) is 3.86. The third kappa shape index (κ3) is 2.63. The highest BCUT2D eigenvalue weighted by Gasteiger charge is 2.06. The lowest BCUT2D eigenvalue weighted by Gasteiger charge is -2.06. The minimum atomic E-state index is -0.230. The number of tetrazole rings is 2. The van der Waals surface area contributed by atoms with Crippen molar-refractivity contribution in [2.75, 3.05) is 5.32 Å². The number of benzene rings is 1. The molecule has 0 saturated carbocycles. The Kier molecular flexibility index (Phi) is 3.10. The van der Waals surface area contributed by atoms with Crippen molar-refractivity contribution in [3.63, 3.8) is 0 Å². The fourth-order valence-electron chi connectivity index (χ4n) is 1.61. The van der Waals surface area contributed by atoms with Gasteiger partial charge in [0.15, 0.2) is 0 Å². The van der Waals surface area contributed by atoms with Crippen molar-refractivity contribution >= 4 is 11.6 Å². The number of carbonyl (C=O) groups excluding carboxylic acids is 1. The molecule has 0 aliphatic carbocycles. The number of hydrogen-bond acceptors (Lipinski definition) is 7. The number of nitrogens with zero attached hydrogens (tertiary/aromatic N) is 8. The molecule has 2 aromatic heterocycles. The number of carbonyl (C=O) groups is 1. The van der Waals surface area contributed by atoms with E-state index in [9.17, 15) is 4.79 Å². The van der Waals surface area contributed by atoms with Gasteiger partial charge in [0.1, 0.15) is 19.2 Å². The average molecular weight is 271 g/mol. The molecule has 0 aliphatic heterocycles. The summed E-state index contributed by atoms with van der Waals surface area (Å²) in [5, 5.41) is 24.2. The van der Waals surface area contributed by atoms with Gasteiger partial charge in [-0.1, -0.05) is 6.07 Å². The Morgan fingerprint density at radius 1 is 1.15 bits per heavy atom. The van der Waals surface area contributed by atoms with Crippen LogP contribution in [0.25, 0.3) is 5.69 Å². The fourth-order valence-corrected chi connectivity index (χ4v) is 1.61. The zero-order chi connectivity index (χ0) is 13.8. The molecule has 3 aromatic rings. The summed E-state index contributed by atoms with van der Waals surface area (Å²) in [5.74, 6) is -0.230. The highest BCUT2D eigenvalue weighted by Crippen LogP contribution is 2.13. The first kappa shape index (κ1) is 11.9. The summed E-state index contributed by atoms with van der Waals surface area (Å²) in [6.45, 7) is 0.0438. The Morgan fingerprint density at radius 3 is 2.75 bits per heavy atom. The second kappa shape index (κ2) is 5.22. The Labute approximate surface area is 112 Å². The molecule has 1 aromatic carbocycles. The van der Waals surface area contributed by atoms with E-state index < -0.39 is 0 Å². The molecule has 10 nitrogen and oxygen atoms in total. The Morgan fingerprint density at radius 2 is 2.00 bits per heavy atom. The van der Waals surface area contributed by atoms with Crippen LogP contribution in [0.3, 0.4) is 0 Å². The van der Waals surface area contributed by atoms with Gasteiger partial charge in [-0.05, 0) is 39.1 Å². The maximum Gasteiger partial charge on any atom is 0.246 e. The fraction of sp³-hybridized carbons (Fsp3) is 0.100. The van der Waals surface area contributed by atoms with Gasteiger partial charge < -0.3 is 5.32 Å². The van der Waals surface area contributed by atoms with Crippen LogP contribution in [0.1, 0.15) is 0 Å². The van der Waals surface area contributed by atoms with Crippen molar-refractivity contribution in [1.82, 2.24) is 40.4 Å². The summed E-state index contributed by atoms with van der Waals surface area (Å²) in [6, 6.07) is 7.15. The van der Waals surface area contributed by atoms with Gasteiger partial charge in [-0.2, -0.15) is 0 Å². The van der Waals surface area contributed by atoms with E-state index in [1.54, 1.807) is 18.2 Å². The van der Waals surface area contributed by atoms with Crippen molar-refractivity contribution in [2.45, 2.75) is 6.54 Å². The normalized spacial score (nSPS) is 10.4. The third-order valence-electron chi connectivity index (χ3n) is 2.44. The predicted molar refractivity (Wildman–Crippen MR) is 65.6 cm³/mol. The van der Waals surface area contributed by atoms with E-state index in [0.29, 0.717) is 5.69 Å². The van der Waals surface area contributed by atoms with Crippen LogP contribution in [0.5, 0.6) is 0 Å². The summed E-state index contributed by atoms with van der Waals surface area (Å²) in [7, 11) is 0. The topological polar surface area (TPSA) is 116 Å². The van der Waals surface area contributed by atoms with Gasteiger partial charge in [-0.15, -0.1) is 10.2 Å². The van der Waals surface area contributed by atoms with Gasteiger partial charge in [0.2, 0.25) is 5.91 Å². The van der Waals surface area contributed by atoms with Crippen LogP contribution in [0.4, 0.5) is 5.69 Å². The average Bonchev–Trinajstić information content (AvgIpc) is 3.11. The van der Waals surface area contributed by atoms with Gasteiger partial charge >= 0.3 is 0 Å². The monoisotopic (exact) mass is 271 g/mol. The number of rotatable bonds is 4. The molecule has 100 valence electrons. The first-order valence-corrected chi connectivity index (χ1v) is 5.65. The van der Waals surface area contributed by atoms with Crippen LogP contribution < -0.4 is 5.32 Å². The molecule has 20 heavy (non-hydrogen) atoms. The maximum atomic E-state index is 11.8. The summed E-state index contributed by atoms with van der Waals surface area (Å²) in [4.78, 5) is 11.8. The molecule has 0 unspecified atom stereocenters. The molecule has 0 radical (unpaired) electrons. The predicted octanol–water partition coefficient (Wildman–Crippen LogP) is -0.713. The molecular weight excluding hydrogens is 262 g/mol. The Bertz CT molecular complexity index is 691. The van der Waals surface area contributed by atoms with E-state index in [1.807, 2.05) is 6.07 Å². The number of anilines is 1. The standard InChI is InChI=1S/C10H9N9O/c20-10(5-18-6-11-14-16-18)13-8-2-1-3-9(4-8)19-7-12-15-17-19/h1-4,6-7H,5H2,(H,13,20). The second-order valence-corrected chi connectivity index (χ2v) is 3.86. The molecule has 1 amide bonds. The van der Waals surface area contributed by atoms with Crippen molar-refractivity contribution in [2.24, 2.45) is 0 Å². The molecule has 2 heterocycles. The van der Waals surface area contributed by atoms with E-state index in [-0.39, 0.29) is 12.5 Å². The van der Waals surface area contributed by atoms with Crippen molar-refractivity contribution in [3.8, 4) is 5.69 Å². The van der Waals surface area contributed by atoms with Crippen molar-refractivity contribution in [1.29, 1.82) is 0 Å². The molecule has 3 rings (SSSR count). The summed E-state index contributed by atoms with van der Waals surface area (Å²) in [6.07, 6.45) is 2.85. The zero-order valence-corrected chi connectivity index (χ0v) is 10.2. The summed E-state index contributed by atoms with van der Waals surface area (Å²) < 4.78 is 2.83. The lowest BCUT2D eigenvalue weighted by molar-refractivity contribution is -0.116. The van der Waals surface area contributed by atoms with Crippen molar-refractivity contribution in [3.05, 3.63) is 36.9 Å². The van der Waals surface area contributed by atoms with Crippen molar-refractivity contribution < 1.29 is 4.79 Å². The quantitative estimate of drug-likeness (QED) is 0.666. The highest BCUT2D eigenvalue weighted by atomic mass is 16.2. The highest BCUT2D eigenvalue weighted by molar-refractivity contribution is 5.90. The third-order valence-corrected chi connectivity index (χ3v) is 2.44. The molecule has 10 heteroatoms. The van der Waals surface area contributed by atoms with Gasteiger partial charge in [-0.25, -0.2) is 9.36 Å². The molecule has 1 N–H and O–H groups in total. The summed E-state index contributed by atoms with van der Waals surface area (Å²) >= 11 is 0. The number of aromatic nitrogens is 8. The van der Waals surface area contributed by atoms with Crippen LogP contribution in [-0.2, 0) is 11.3 Å². The number of hydrogen-bond donors (Lipinski definition) is 1. The molecule has 0 aliphatic rings. The minimum absolute atomic E-state index is 0.0438. The lowest BCUT2D eigenvalue weighted by Crippen LogP contribution is -2.19. The smallest absolute Gasteiger partial charge is 0.246 e. The van der Waals surface area contributed by atoms with E-state index in [2.05, 4.69) is 36.4 Å². The first-order chi connectivity index (χ1) is 9.81. The number of amides is 1. The largest absolute Gasteiger partial charge is 0.324 e. The molecule has 0 fully saturated rings. The van der Waals surface area contributed by atoms with E-state index >= 15 is 0 Å². The Hall–Kier alpha value is -3.17. The molecular formula is C10H9N9O. The zero-order valence-electron chi connectivity index (χ0n) is 10.2. The van der Waals surface area contributed by atoms with Gasteiger partial charge in [0.05, 0.1) is 5.69 Å². The van der Waals surface area contributed by atoms with Crippen LogP contribution in [-0.4, -0.2) is 46.3 Å². The molecule has 0 spiro atoms. The molecule has 0 atom stereocenters. The maximum absolute atomic E-state index is 11.8. The van der Waals surface area contributed by atoms with E-state index in [4.69, 9.17) is 0 Å². The summed E-state index contributed by atoms with van der Waals surface area (Å²) in [5.41, 5.74) is 1.38. The number of nitrogens with one attached hydrogen (secondary N) is 1. The van der Waals surface area contributed by atoms with Crippen LogP contribution in [0.2, 0.25) is 0 Å². The van der Waals surface area contributed by atoms with Gasteiger partial charge in [0, 0.05) is 5.69 Å². The lowest BCUT2D eigenvalue weighted by atomic mass is 10.3. The minimum Gasteiger partial charge on any atom is -0.324 e. The SMILES string of the molecule is O=C(Cn1cnnn1)Nc1cccc(-n2cnnn2)c1. The first-order valence-electron chi connectivity index (χ1n) is 5.65. The molecule has 0 bridgehead atoms. The van der Waals surface area contributed by atoms with Crippen LogP contribution in [0.15, 0.2) is 36.9 Å². The van der Waals surface area contributed by atoms with Gasteiger partial charge in [-0.3, -0.25) is 4.79 Å². The Balaban J connectivity index is 1.71. The van der Waals surface area contributed by atoms with Crippen LogP contribution >= 0.6 is 0 Å². The van der Waals surface area contributed by atoms with Crippen LogP contribution in [0, 0.1) is 0 Å². The van der Waals surface area contributed by atoms with E-state index in [0.717, 1.165) is 5.69 Å².